The van der Waals surface area contributed by atoms with Crippen LogP contribution in [0.4, 0.5) is 0 Å². The molecule has 2 heterocycles. The van der Waals surface area contributed by atoms with Crippen LogP contribution in [0.1, 0.15) is 29.9 Å². The summed E-state index contributed by atoms with van der Waals surface area (Å²) in [5.74, 6) is 1.93. The second-order valence-electron chi connectivity index (χ2n) is 5.51. The third-order valence-corrected chi connectivity index (χ3v) is 3.94. The molecule has 1 aliphatic heterocycles. The first kappa shape index (κ1) is 14.0. The zero-order valence-electron chi connectivity index (χ0n) is 12.5. The quantitative estimate of drug-likeness (QED) is 0.918. The van der Waals surface area contributed by atoms with Crippen molar-refractivity contribution in [3.63, 3.8) is 0 Å². The first-order valence-corrected chi connectivity index (χ1v) is 7.19. The Morgan fingerprint density at radius 2 is 2.24 bits per heavy atom. The Labute approximate surface area is 124 Å². The van der Waals surface area contributed by atoms with Crippen molar-refractivity contribution >= 4 is 0 Å². The van der Waals surface area contributed by atoms with Crippen LogP contribution in [0.15, 0.2) is 24.5 Å². The summed E-state index contributed by atoms with van der Waals surface area (Å²) in [5.41, 5.74) is 8.28. The minimum absolute atomic E-state index is 0.0270. The van der Waals surface area contributed by atoms with Gasteiger partial charge in [0.1, 0.15) is 17.9 Å². The van der Waals surface area contributed by atoms with E-state index in [0.717, 1.165) is 43.3 Å². The van der Waals surface area contributed by atoms with Crippen molar-refractivity contribution < 1.29 is 4.74 Å². The lowest BCUT2D eigenvalue weighted by molar-refractivity contribution is 0.206. The zero-order valence-corrected chi connectivity index (χ0v) is 12.5. The van der Waals surface area contributed by atoms with E-state index >= 15 is 0 Å². The van der Waals surface area contributed by atoms with Gasteiger partial charge in [0.25, 0.3) is 0 Å². The topological polar surface area (TPSA) is 69.2 Å². The van der Waals surface area contributed by atoms with Gasteiger partial charge in [0.05, 0.1) is 13.7 Å². The van der Waals surface area contributed by atoms with Gasteiger partial charge in [0, 0.05) is 31.2 Å². The van der Waals surface area contributed by atoms with Crippen LogP contribution in [0.2, 0.25) is 0 Å². The Kier molecular flexibility index (Phi) is 3.90. The van der Waals surface area contributed by atoms with E-state index < -0.39 is 0 Å². The Balaban J connectivity index is 1.79. The fourth-order valence-corrected chi connectivity index (χ4v) is 2.70. The van der Waals surface area contributed by atoms with Gasteiger partial charge in [-0.2, -0.15) is 0 Å². The first-order chi connectivity index (χ1) is 10.2. The summed E-state index contributed by atoms with van der Waals surface area (Å²) in [6.45, 7) is 5.55. The lowest BCUT2D eigenvalue weighted by Gasteiger charge is -2.27. The third-order valence-electron chi connectivity index (χ3n) is 3.94. The van der Waals surface area contributed by atoms with Gasteiger partial charge in [0.15, 0.2) is 0 Å². The second-order valence-corrected chi connectivity index (χ2v) is 5.51. The number of hydrogen-bond donors (Lipinski definition) is 1. The molecule has 6 heteroatoms. The van der Waals surface area contributed by atoms with Crippen molar-refractivity contribution in [3.05, 3.63) is 41.5 Å². The second kappa shape index (κ2) is 5.83. The predicted molar refractivity (Wildman–Crippen MR) is 79.7 cm³/mol. The van der Waals surface area contributed by atoms with Crippen molar-refractivity contribution in [2.24, 2.45) is 5.73 Å². The van der Waals surface area contributed by atoms with E-state index in [1.54, 1.807) is 13.4 Å². The molecular weight excluding hydrogens is 266 g/mol. The molecule has 6 nitrogen and oxygen atoms in total. The molecule has 2 aromatic rings. The van der Waals surface area contributed by atoms with Gasteiger partial charge in [0.2, 0.25) is 0 Å². The molecule has 0 aliphatic carbocycles. The van der Waals surface area contributed by atoms with Crippen LogP contribution in [0.25, 0.3) is 0 Å². The summed E-state index contributed by atoms with van der Waals surface area (Å²) in [7, 11) is 1.71. The molecule has 0 saturated carbocycles. The molecule has 1 aromatic carbocycles. The smallest absolute Gasteiger partial charge is 0.147 e. The van der Waals surface area contributed by atoms with E-state index in [4.69, 9.17) is 10.5 Å². The van der Waals surface area contributed by atoms with Crippen molar-refractivity contribution in [1.29, 1.82) is 0 Å². The van der Waals surface area contributed by atoms with Crippen molar-refractivity contribution in [2.45, 2.75) is 32.6 Å². The molecule has 0 saturated heterocycles. The monoisotopic (exact) mass is 287 g/mol. The van der Waals surface area contributed by atoms with Crippen molar-refractivity contribution in [2.75, 3.05) is 13.7 Å². The summed E-state index contributed by atoms with van der Waals surface area (Å²) >= 11 is 0. The van der Waals surface area contributed by atoms with Gasteiger partial charge in [-0.3, -0.25) is 4.90 Å². The van der Waals surface area contributed by atoms with Crippen LogP contribution in [0.5, 0.6) is 5.75 Å². The van der Waals surface area contributed by atoms with E-state index in [9.17, 15) is 0 Å². The lowest BCUT2D eigenvalue weighted by Crippen LogP contribution is -2.33. The van der Waals surface area contributed by atoms with E-state index in [-0.39, 0.29) is 6.04 Å². The SMILES string of the molecule is COc1ccc(C(C)N)cc1CN1CCn2cnnc2C1. The van der Waals surface area contributed by atoms with Gasteiger partial charge in [-0.1, -0.05) is 6.07 Å². The van der Waals surface area contributed by atoms with Crippen LogP contribution in [-0.4, -0.2) is 33.3 Å². The maximum atomic E-state index is 5.98. The Morgan fingerprint density at radius 1 is 1.38 bits per heavy atom. The van der Waals surface area contributed by atoms with Gasteiger partial charge in [-0.15, -0.1) is 10.2 Å². The summed E-state index contributed by atoms with van der Waals surface area (Å²) in [5, 5.41) is 8.12. The fourth-order valence-electron chi connectivity index (χ4n) is 2.70. The molecule has 0 amide bonds. The summed E-state index contributed by atoms with van der Waals surface area (Å²) in [6.07, 6.45) is 1.80. The Bertz CT molecular complexity index is 622. The average molecular weight is 287 g/mol. The third kappa shape index (κ3) is 2.91. The molecule has 112 valence electrons. The van der Waals surface area contributed by atoms with Crippen LogP contribution in [0, 0.1) is 0 Å². The molecule has 2 N–H and O–H groups in total. The number of hydrogen-bond acceptors (Lipinski definition) is 5. The highest BCUT2D eigenvalue weighted by Gasteiger charge is 2.19. The zero-order chi connectivity index (χ0) is 14.8. The number of benzene rings is 1. The van der Waals surface area contributed by atoms with Crippen LogP contribution in [-0.2, 0) is 19.6 Å². The van der Waals surface area contributed by atoms with Crippen LogP contribution >= 0.6 is 0 Å². The lowest BCUT2D eigenvalue weighted by atomic mass is 10.0. The maximum absolute atomic E-state index is 5.98. The number of aromatic nitrogens is 3. The van der Waals surface area contributed by atoms with Crippen molar-refractivity contribution in [1.82, 2.24) is 19.7 Å². The number of fused-ring (bicyclic) bond motifs is 1. The molecule has 0 spiro atoms. The van der Waals surface area contributed by atoms with E-state index in [0.29, 0.717) is 0 Å². The highest BCUT2D eigenvalue weighted by Crippen LogP contribution is 2.25. The maximum Gasteiger partial charge on any atom is 0.147 e. The summed E-state index contributed by atoms with van der Waals surface area (Å²) in [6, 6.07) is 6.20. The normalized spacial score (nSPS) is 16.5. The largest absolute Gasteiger partial charge is 0.496 e. The average Bonchev–Trinajstić information content (AvgIpc) is 2.94. The summed E-state index contributed by atoms with van der Waals surface area (Å²) < 4.78 is 7.58. The molecule has 1 unspecified atom stereocenters. The minimum atomic E-state index is 0.0270. The van der Waals surface area contributed by atoms with Crippen LogP contribution in [0.3, 0.4) is 0 Å². The number of methoxy groups -OCH3 is 1. The summed E-state index contributed by atoms with van der Waals surface area (Å²) in [4.78, 5) is 2.35. The first-order valence-electron chi connectivity index (χ1n) is 7.19. The highest BCUT2D eigenvalue weighted by molar-refractivity contribution is 5.38. The number of nitrogens with zero attached hydrogens (tertiary/aromatic N) is 4. The van der Waals surface area contributed by atoms with E-state index in [1.807, 2.05) is 19.1 Å². The molecule has 0 fully saturated rings. The highest BCUT2D eigenvalue weighted by atomic mass is 16.5. The molecule has 21 heavy (non-hydrogen) atoms. The van der Waals surface area contributed by atoms with E-state index in [1.165, 1.54) is 5.56 Å². The molecule has 1 atom stereocenters. The Morgan fingerprint density at radius 3 is 3.00 bits per heavy atom. The minimum Gasteiger partial charge on any atom is -0.496 e. The number of nitrogens with two attached hydrogens (primary N) is 1. The Hall–Kier alpha value is -1.92. The molecule has 1 aliphatic rings. The van der Waals surface area contributed by atoms with Gasteiger partial charge in [-0.05, 0) is 24.6 Å². The predicted octanol–water partition coefficient (Wildman–Crippen LogP) is 1.32. The van der Waals surface area contributed by atoms with Gasteiger partial charge >= 0.3 is 0 Å². The van der Waals surface area contributed by atoms with Crippen molar-refractivity contribution in [3.8, 4) is 5.75 Å². The number of ether oxygens (including phenoxy) is 1. The van der Waals surface area contributed by atoms with Crippen LogP contribution < -0.4 is 10.5 Å². The number of rotatable bonds is 4. The molecule has 0 bridgehead atoms. The molecule has 3 rings (SSSR count). The van der Waals surface area contributed by atoms with E-state index in [2.05, 4.69) is 25.7 Å². The fraction of sp³-hybridized carbons (Fsp3) is 0.467. The van der Waals surface area contributed by atoms with Gasteiger partial charge in [-0.25, -0.2) is 0 Å². The molecular formula is C15H21N5O. The molecule has 0 radical (unpaired) electrons. The molecule has 1 aromatic heterocycles. The standard InChI is InChI=1S/C15H21N5O/c1-11(16)12-3-4-14(21-2)13(7-12)8-19-5-6-20-10-17-18-15(20)9-19/h3-4,7,10-11H,5-6,8-9,16H2,1-2H3. The van der Waals surface area contributed by atoms with Gasteiger partial charge < -0.3 is 15.0 Å².